The van der Waals surface area contributed by atoms with E-state index in [1.165, 1.54) is 12.1 Å². The van der Waals surface area contributed by atoms with Gasteiger partial charge < -0.3 is 4.90 Å². The maximum Gasteiger partial charge on any atom is 0.416 e. The van der Waals surface area contributed by atoms with Crippen molar-refractivity contribution in [1.29, 1.82) is 0 Å². The summed E-state index contributed by atoms with van der Waals surface area (Å²) >= 11 is 0. The van der Waals surface area contributed by atoms with E-state index in [1.54, 1.807) is 17.0 Å². The van der Waals surface area contributed by atoms with E-state index in [-0.39, 0.29) is 44.2 Å². The molecule has 0 unspecified atom stereocenters. The van der Waals surface area contributed by atoms with Crippen LogP contribution in [0.1, 0.15) is 30.9 Å². The number of hydrogen-bond donors (Lipinski definition) is 0. The molecule has 0 aliphatic carbocycles. The molecular weight excluding hydrogens is 448 g/mol. The van der Waals surface area contributed by atoms with E-state index in [4.69, 9.17) is 0 Å². The van der Waals surface area contributed by atoms with Gasteiger partial charge in [0, 0.05) is 32.1 Å². The summed E-state index contributed by atoms with van der Waals surface area (Å²) in [4.78, 5) is 14.1. The molecule has 0 radical (unpaired) electrons. The highest BCUT2D eigenvalue weighted by Crippen LogP contribution is 2.32. The van der Waals surface area contributed by atoms with Gasteiger partial charge in [0.25, 0.3) is 0 Å². The van der Waals surface area contributed by atoms with Gasteiger partial charge in [-0.15, -0.1) is 0 Å². The second-order valence-corrected chi connectivity index (χ2v) is 9.62. The third kappa shape index (κ3) is 5.47. The van der Waals surface area contributed by atoms with Crippen LogP contribution in [0.4, 0.5) is 17.6 Å². The van der Waals surface area contributed by atoms with Crippen LogP contribution in [0.5, 0.6) is 0 Å². The summed E-state index contributed by atoms with van der Waals surface area (Å²) in [6, 6.07) is 9.63. The molecule has 1 heterocycles. The number of piperidine rings is 1. The summed E-state index contributed by atoms with van der Waals surface area (Å²) in [6.07, 6.45) is -4.12. The number of carbonyl (C=O) groups is 1. The van der Waals surface area contributed by atoms with Crippen LogP contribution in [-0.4, -0.2) is 43.2 Å². The van der Waals surface area contributed by atoms with Crippen LogP contribution in [0.3, 0.4) is 0 Å². The first-order valence-corrected chi connectivity index (χ1v) is 11.7. The Morgan fingerprint density at radius 3 is 2.34 bits per heavy atom. The van der Waals surface area contributed by atoms with Crippen molar-refractivity contribution in [1.82, 2.24) is 9.21 Å². The summed E-state index contributed by atoms with van der Waals surface area (Å²) in [5.74, 6) is -0.941. The van der Waals surface area contributed by atoms with Crippen LogP contribution in [0.2, 0.25) is 0 Å². The van der Waals surface area contributed by atoms with E-state index >= 15 is 0 Å². The zero-order chi connectivity index (χ0) is 23.5. The lowest BCUT2D eigenvalue weighted by molar-refractivity contribution is -0.138. The predicted molar refractivity (Wildman–Crippen MR) is 110 cm³/mol. The average Bonchev–Trinajstić information content (AvgIpc) is 2.76. The van der Waals surface area contributed by atoms with Crippen LogP contribution in [0.25, 0.3) is 0 Å². The summed E-state index contributed by atoms with van der Waals surface area (Å²) in [6.45, 7) is 2.54. The Balaban J connectivity index is 1.66. The second kappa shape index (κ2) is 9.58. The summed E-state index contributed by atoms with van der Waals surface area (Å²) in [7, 11) is -4.11. The number of alkyl halides is 3. The minimum absolute atomic E-state index is 0.0342. The van der Waals surface area contributed by atoms with Gasteiger partial charge in [-0.25, -0.2) is 12.8 Å². The van der Waals surface area contributed by atoms with E-state index in [1.807, 2.05) is 6.92 Å². The molecule has 174 valence electrons. The molecular formula is C22H24F4N2O3S. The zero-order valence-corrected chi connectivity index (χ0v) is 18.3. The Hall–Kier alpha value is -2.46. The first-order valence-electron chi connectivity index (χ1n) is 10.2. The fourth-order valence-electron chi connectivity index (χ4n) is 3.78. The van der Waals surface area contributed by atoms with Crippen LogP contribution in [0, 0.1) is 11.7 Å². The van der Waals surface area contributed by atoms with Crippen LogP contribution >= 0.6 is 0 Å². The molecule has 1 fully saturated rings. The Bertz CT molecular complexity index is 1060. The maximum absolute atomic E-state index is 13.4. The topological polar surface area (TPSA) is 57.7 Å². The van der Waals surface area contributed by atoms with E-state index in [0.29, 0.717) is 18.2 Å². The lowest BCUT2D eigenvalue weighted by atomic mass is 9.96. The van der Waals surface area contributed by atoms with Gasteiger partial charge in [0.15, 0.2) is 0 Å². The minimum atomic E-state index is -4.64. The van der Waals surface area contributed by atoms with Crippen LogP contribution in [-0.2, 0) is 27.5 Å². The van der Waals surface area contributed by atoms with Gasteiger partial charge in [-0.3, -0.25) is 4.79 Å². The molecule has 0 aromatic heterocycles. The molecule has 5 nitrogen and oxygen atoms in total. The van der Waals surface area contributed by atoms with Crippen molar-refractivity contribution in [3.8, 4) is 0 Å². The third-order valence-corrected chi connectivity index (χ3v) is 7.45. The molecule has 10 heteroatoms. The van der Waals surface area contributed by atoms with Crippen molar-refractivity contribution in [3.05, 3.63) is 65.5 Å². The molecule has 1 amide bonds. The van der Waals surface area contributed by atoms with Crippen molar-refractivity contribution < 1.29 is 30.8 Å². The second-order valence-electron chi connectivity index (χ2n) is 7.69. The average molecular weight is 473 g/mol. The molecule has 0 N–H and O–H groups in total. The van der Waals surface area contributed by atoms with E-state index in [0.717, 1.165) is 22.5 Å². The first-order chi connectivity index (χ1) is 15.0. The number of hydrogen-bond acceptors (Lipinski definition) is 3. The normalized spacial score (nSPS) is 16.2. The van der Waals surface area contributed by atoms with Gasteiger partial charge in [0.1, 0.15) is 5.82 Å². The van der Waals surface area contributed by atoms with Crippen LogP contribution in [0.15, 0.2) is 53.4 Å². The van der Waals surface area contributed by atoms with Crippen molar-refractivity contribution in [3.63, 3.8) is 0 Å². The quantitative estimate of drug-likeness (QED) is 0.590. The monoisotopic (exact) mass is 472 g/mol. The van der Waals surface area contributed by atoms with E-state index in [9.17, 15) is 30.8 Å². The fraction of sp³-hybridized carbons (Fsp3) is 0.409. The maximum atomic E-state index is 13.4. The van der Waals surface area contributed by atoms with Gasteiger partial charge in [-0.1, -0.05) is 18.2 Å². The molecule has 0 bridgehead atoms. The molecule has 1 aliphatic rings. The Morgan fingerprint density at radius 2 is 1.75 bits per heavy atom. The standard InChI is InChI=1S/C22H24F4N2O3S/c1-2-27(15-16-5-3-7-19(23)13-16)21(29)17-9-11-28(12-10-17)32(30,31)20-8-4-6-18(14-20)22(24,25)26/h3-8,13-14,17H,2,9-12,15H2,1H3. The van der Waals surface area contributed by atoms with Crippen molar-refractivity contribution >= 4 is 15.9 Å². The SMILES string of the molecule is CCN(Cc1cccc(F)c1)C(=O)C1CCN(S(=O)(=O)c2cccc(C(F)(F)F)c2)CC1. The zero-order valence-electron chi connectivity index (χ0n) is 17.5. The molecule has 32 heavy (non-hydrogen) atoms. The summed E-state index contributed by atoms with van der Waals surface area (Å²) in [5.41, 5.74) is -0.371. The highest BCUT2D eigenvalue weighted by atomic mass is 32.2. The predicted octanol–water partition coefficient (Wildman–Crippen LogP) is 4.29. The van der Waals surface area contributed by atoms with Crippen molar-refractivity contribution in [2.75, 3.05) is 19.6 Å². The molecule has 2 aromatic rings. The molecule has 0 spiro atoms. The third-order valence-electron chi connectivity index (χ3n) is 5.56. The molecule has 0 saturated carbocycles. The first kappa shape index (κ1) is 24.2. The number of halogens is 4. The fourth-order valence-corrected chi connectivity index (χ4v) is 5.30. The summed E-state index contributed by atoms with van der Waals surface area (Å²) < 4.78 is 79.1. The Kier molecular flexibility index (Phi) is 7.24. The highest BCUT2D eigenvalue weighted by molar-refractivity contribution is 7.89. The molecule has 1 saturated heterocycles. The number of amides is 1. The number of rotatable bonds is 6. The van der Waals surface area contributed by atoms with Gasteiger partial charge in [0.05, 0.1) is 10.5 Å². The van der Waals surface area contributed by atoms with Gasteiger partial charge in [0.2, 0.25) is 15.9 Å². The molecule has 1 aliphatic heterocycles. The summed E-state index contributed by atoms with van der Waals surface area (Å²) in [5, 5.41) is 0. The Morgan fingerprint density at radius 1 is 1.09 bits per heavy atom. The Labute approximate surface area is 184 Å². The van der Waals surface area contributed by atoms with Gasteiger partial charge >= 0.3 is 6.18 Å². The van der Waals surface area contributed by atoms with Crippen molar-refractivity contribution in [2.45, 2.75) is 37.4 Å². The molecule has 0 atom stereocenters. The highest BCUT2D eigenvalue weighted by Gasteiger charge is 2.36. The van der Waals surface area contributed by atoms with Gasteiger partial charge in [-0.05, 0) is 55.7 Å². The lowest BCUT2D eigenvalue weighted by Gasteiger charge is -2.33. The molecule has 3 rings (SSSR count). The largest absolute Gasteiger partial charge is 0.416 e. The number of benzene rings is 2. The number of carbonyl (C=O) groups excluding carboxylic acids is 1. The molecule has 2 aromatic carbocycles. The van der Waals surface area contributed by atoms with E-state index in [2.05, 4.69) is 0 Å². The van der Waals surface area contributed by atoms with Crippen LogP contribution < -0.4 is 0 Å². The smallest absolute Gasteiger partial charge is 0.338 e. The number of nitrogens with zero attached hydrogens (tertiary/aromatic N) is 2. The van der Waals surface area contributed by atoms with Gasteiger partial charge in [-0.2, -0.15) is 17.5 Å². The lowest BCUT2D eigenvalue weighted by Crippen LogP contribution is -2.44. The minimum Gasteiger partial charge on any atom is -0.338 e. The van der Waals surface area contributed by atoms with Crippen molar-refractivity contribution in [2.24, 2.45) is 5.92 Å². The van der Waals surface area contributed by atoms with E-state index < -0.39 is 32.6 Å². The number of sulfonamides is 1.